The summed E-state index contributed by atoms with van der Waals surface area (Å²) in [4.78, 5) is 0. The Bertz CT molecular complexity index is 283. The van der Waals surface area contributed by atoms with Crippen LogP contribution in [0.2, 0.25) is 0 Å². The molecule has 0 saturated heterocycles. The van der Waals surface area contributed by atoms with Crippen molar-refractivity contribution in [2.24, 2.45) is 0 Å². The topological polar surface area (TPSA) is 20.2 Å². The van der Waals surface area contributed by atoms with Gasteiger partial charge < -0.3 is 5.11 Å². The van der Waals surface area contributed by atoms with Crippen LogP contribution in [0.3, 0.4) is 0 Å². The summed E-state index contributed by atoms with van der Waals surface area (Å²) < 4.78 is 12.5. The molecule has 0 aliphatic carbocycles. The van der Waals surface area contributed by atoms with Crippen LogP contribution in [0, 0.1) is 5.82 Å². The van der Waals surface area contributed by atoms with Gasteiger partial charge in [0.1, 0.15) is 5.82 Å². The van der Waals surface area contributed by atoms with Crippen LogP contribution >= 0.6 is 11.6 Å². The molecule has 0 aromatic heterocycles. The quantitative estimate of drug-likeness (QED) is 0.588. The largest absolute Gasteiger partial charge is 0.387 e. The van der Waals surface area contributed by atoms with E-state index < -0.39 is 11.5 Å². The molecule has 0 radical (unpaired) electrons. The molecule has 3 heteroatoms. The molecule has 1 aromatic rings. The van der Waals surface area contributed by atoms with Gasteiger partial charge in [0, 0.05) is 0 Å². The van der Waals surface area contributed by atoms with Crippen LogP contribution in [-0.2, 0) is 0 Å². The molecule has 0 saturated carbocycles. The molecule has 13 heavy (non-hydrogen) atoms. The first kappa shape index (κ1) is 10.2. The molecule has 2 atom stereocenters. The third kappa shape index (κ3) is 2.54. The van der Waals surface area contributed by atoms with Crippen LogP contribution in [0.5, 0.6) is 0 Å². The van der Waals surface area contributed by atoms with E-state index in [1.807, 2.05) is 0 Å². The zero-order valence-electron chi connectivity index (χ0n) is 6.95. The highest BCUT2D eigenvalue weighted by molar-refractivity contribution is 6.22. The van der Waals surface area contributed by atoms with Gasteiger partial charge in [-0.15, -0.1) is 18.2 Å². The third-order valence-electron chi connectivity index (χ3n) is 1.74. The first-order chi connectivity index (χ1) is 6.15. The van der Waals surface area contributed by atoms with E-state index in [2.05, 4.69) is 6.58 Å². The highest BCUT2D eigenvalue weighted by atomic mass is 35.5. The molecule has 1 nitrogen and oxygen atoms in total. The van der Waals surface area contributed by atoms with Crippen LogP contribution < -0.4 is 0 Å². The van der Waals surface area contributed by atoms with Crippen molar-refractivity contribution < 1.29 is 9.50 Å². The number of aliphatic hydroxyl groups is 1. The van der Waals surface area contributed by atoms with Gasteiger partial charge in [0.25, 0.3) is 0 Å². The molecular weight excluding hydrogens is 191 g/mol. The van der Waals surface area contributed by atoms with Gasteiger partial charge in [-0.05, 0) is 17.7 Å². The fraction of sp³-hybridized carbons (Fsp3) is 0.200. The Morgan fingerprint density at radius 3 is 2.38 bits per heavy atom. The van der Waals surface area contributed by atoms with E-state index in [-0.39, 0.29) is 5.82 Å². The summed E-state index contributed by atoms with van der Waals surface area (Å²) in [5.41, 5.74) is 0.585. The SMILES string of the molecule is C=C[C@@H](Cl)[C@H](O)c1ccc(F)cc1. The van der Waals surface area contributed by atoms with Crippen LogP contribution in [0.15, 0.2) is 36.9 Å². The van der Waals surface area contributed by atoms with Crippen molar-refractivity contribution >= 4 is 11.6 Å². The molecule has 0 aliphatic rings. The number of rotatable bonds is 3. The second kappa shape index (κ2) is 4.40. The Balaban J connectivity index is 2.82. The molecule has 1 N–H and O–H groups in total. The van der Waals surface area contributed by atoms with Crippen LogP contribution in [-0.4, -0.2) is 10.5 Å². The number of hydrogen-bond donors (Lipinski definition) is 1. The minimum Gasteiger partial charge on any atom is -0.387 e. The van der Waals surface area contributed by atoms with Crippen molar-refractivity contribution in [1.29, 1.82) is 0 Å². The summed E-state index contributed by atoms with van der Waals surface area (Å²) in [6, 6.07) is 5.56. The highest BCUT2D eigenvalue weighted by Crippen LogP contribution is 2.21. The Labute approximate surface area is 81.5 Å². The second-order valence-corrected chi connectivity index (χ2v) is 3.18. The monoisotopic (exact) mass is 200 g/mol. The van der Waals surface area contributed by atoms with E-state index in [0.29, 0.717) is 5.56 Å². The van der Waals surface area contributed by atoms with E-state index >= 15 is 0 Å². The highest BCUT2D eigenvalue weighted by Gasteiger charge is 2.14. The lowest BCUT2D eigenvalue weighted by Gasteiger charge is -2.13. The minimum absolute atomic E-state index is 0.333. The zero-order valence-corrected chi connectivity index (χ0v) is 7.71. The molecule has 0 unspecified atom stereocenters. The summed E-state index contributed by atoms with van der Waals surface area (Å²) in [6.07, 6.45) is 0.607. The number of hydrogen-bond acceptors (Lipinski definition) is 1. The summed E-state index contributed by atoms with van der Waals surface area (Å²) >= 11 is 5.73. The van der Waals surface area contributed by atoms with Gasteiger partial charge in [0.05, 0.1) is 11.5 Å². The van der Waals surface area contributed by atoms with Crippen molar-refractivity contribution in [2.45, 2.75) is 11.5 Å². The molecule has 1 aromatic carbocycles. The Morgan fingerprint density at radius 2 is 1.92 bits per heavy atom. The predicted octanol–water partition coefficient (Wildman–Crippen LogP) is 2.65. The lowest BCUT2D eigenvalue weighted by molar-refractivity contribution is 0.185. The van der Waals surface area contributed by atoms with Crippen LogP contribution in [0.25, 0.3) is 0 Å². The maximum atomic E-state index is 12.5. The van der Waals surface area contributed by atoms with E-state index in [1.165, 1.54) is 30.3 Å². The molecule has 0 fully saturated rings. The standard InChI is InChI=1S/C10H10ClFO/c1-2-9(11)10(13)7-3-5-8(12)6-4-7/h2-6,9-10,13H,1H2/t9-,10-/m1/s1. The smallest absolute Gasteiger partial charge is 0.123 e. The zero-order chi connectivity index (χ0) is 9.84. The van der Waals surface area contributed by atoms with E-state index in [4.69, 9.17) is 11.6 Å². The number of alkyl halides is 1. The Morgan fingerprint density at radius 1 is 1.38 bits per heavy atom. The number of halogens is 2. The van der Waals surface area contributed by atoms with E-state index in [1.54, 1.807) is 0 Å². The Hall–Kier alpha value is -0.860. The summed E-state index contributed by atoms with van der Waals surface area (Å²) in [7, 11) is 0. The first-order valence-electron chi connectivity index (χ1n) is 3.85. The third-order valence-corrected chi connectivity index (χ3v) is 2.16. The molecule has 0 amide bonds. The fourth-order valence-corrected chi connectivity index (χ4v) is 1.12. The van der Waals surface area contributed by atoms with Crippen molar-refractivity contribution in [3.8, 4) is 0 Å². The maximum Gasteiger partial charge on any atom is 0.123 e. The predicted molar refractivity (Wildman–Crippen MR) is 51.2 cm³/mol. The van der Waals surface area contributed by atoms with Gasteiger partial charge in [-0.1, -0.05) is 18.2 Å². The van der Waals surface area contributed by atoms with Gasteiger partial charge in [0.2, 0.25) is 0 Å². The minimum atomic E-state index is -0.834. The Kier molecular flexibility index (Phi) is 3.46. The molecule has 0 spiro atoms. The average Bonchev–Trinajstić information content (AvgIpc) is 2.17. The number of benzene rings is 1. The average molecular weight is 201 g/mol. The van der Waals surface area contributed by atoms with Crippen molar-refractivity contribution in [3.63, 3.8) is 0 Å². The molecular formula is C10H10ClFO. The van der Waals surface area contributed by atoms with Gasteiger partial charge in [-0.2, -0.15) is 0 Å². The van der Waals surface area contributed by atoms with Gasteiger partial charge in [0.15, 0.2) is 0 Å². The van der Waals surface area contributed by atoms with Gasteiger partial charge in [-0.25, -0.2) is 4.39 Å². The van der Waals surface area contributed by atoms with Crippen LogP contribution in [0.1, 0.15) is 11.7 Å². The van der Waals surface area contributed by atoms with E-state index in [0.717, 1.165) is 0 Å². The van der Waals surface area contributed by atoms with Crippen LogP contribution in [0.4, 0.5) is 4.39 Å². The molecule has 0 bridgehead atoms. The van der Waals surface area contributed by atoms with Gasteiger partial charge in [-0.3, -0.25) is 0 Å². The first-order valence-corrected chi connectivity index (χ1v) is 4.29. The number of aliphatic hydroxyl groups excluding tert-OH is 1. The van der Waals surface area contributed by atoms with Gasteiger partial charge >= 0.3 is 0 Å². The van der Waals surface area contributed by atoms with Crippen molar-refractivity contribution in [2.75, 3.05) is 0 Å². The summed E-state index contributed by atoms with van der Waals surface area (Å²) in [5, 5.41) is 9.00. The summed E-state index contributed by atoms with van der Waals surface area (Å²) in [6.45, 7) is 3.46. The van der Waals surface area contributed by atoms with Crippen molar-refractivity contribution in [3.05, 3.63) is 48.3 Å². The van der Waals surface area contributed by atoms with Crippen molar-refractivity contribution in [1.82, 2.24) is 0 Å². The maximum absolute atomic E-state index is 12.5. The summed E-state index contributed by atoms with van der Waals surface area (Å²) in [5.74, 6) is -0.333. The lowest BCUT2D eigenvalue weighted by atomic mass is 10.1. The normalized spacial score (nSPS) is 15.0. The second-order valence-electron chi connectivity index (χ2n) is 2.68. The van der Waals surface area contributed by atoms with E-state index in [9.17, 15) is 9.50 Å². The lowest BCUT2D eigenvalue weighted by Crippen LogP contribution is -2.09. The molecule has 1 rings (SSSR count). The fourth-order valence-electron chi connectivity index (χ4n) is 0.973. The molecule has 70 valence electrons. The molecule has 0 aliphatic heterocycles. The molecule has 0 heterocycles.